The number of benzene rings is 3. The van der Waals surface area contributed by atoms with Crippen LogP contribution in [0, 0.1) is 0 Å². The third kappa shape index (κ3) is 4.14. The predicted molar refractivity (Wildman–Crippen MR) is 97.6 cm³/mol. The Morgan fingerprint density at radius 2 is 1.60 bits per heavy atom. The summed E-state index contributed by atoms with van der Waals surface area (Å²) in [6, 6.07) is 19.2. The maximum Gasteiger partial charge on any atom is 0.319 e. The van der Waals surface area contributed by atoms with Crippen LogP contribution in [-0.4, -0.2) is 14.4 Å². The fourth-order valence-corrected chi connectivity index (χ4v) is 3.00. The van der Waals surface area contributed by atoms with E-state index in [1.165, 1.54) is 12.1 Å². The van der Waals surface area contributed by atoms with Gasteiger partial charge < -0.3 is 10.6 Å². The highest BCUT2D eigenvalue weighted by Crippen LogP contribution is 2.22. The number of nitrogens with two attached hydrogens (primary N) is 1. The first-order chi connectivity index (χ1) is 11.9. The summed E-state index contributed by atoms with van der Waals surface area (Å²) in [7, 11) is -3.71. The number of urea groups is 1. The number of carbonyl (C=O) groups excluding carboxylic acids is 1. The maximum atomic E-state index is 12.1. The molecule has 3 rings (SSSR count). The van der Waals surface area contributed by atoms with Gasteiger partial charge in [0, 0.05) is 11.9 Å². The molecule has 0 saturated heterocycles. The van der Waals surface area contributed by atoms with E-state index in [9.17, 15) is 13.2 Å². The summed E-state index contributed by atoms with van der Waals surface area (Å²) >= 11 is 0. The molecule has 0 fully saturated rings. The standard InChI is InChI=1S/C18H17N3O3S/c19-25(23,24)15-10-8-13(9-11-15)12-20-18(22)21-17-7-3-5-14-4-1-2-6-16(14)17/h1-11H,12H2,(H2,19,23,24)(H2,20,21,22). The van der Waals surface area contributed by atoms with E-state index in [1.807, 2.05) is 42.5 Å². The molecule has 0 radical (unpaired) electrons. The molecule has 3 aromatic carbocycles. The van der Waals surface area contributed by atoms with Gasteiger partial charge >= 0.3 is 6.03 Å². The topological polar surface area (TPSA) is 101 Å². The Balaban J connectivity index is 1.65. The van der Waals surface area contributed by atoms with Crippen molar-refractivity contribution in [1.82, 2.24) is 5.32 Å². The van der Waals surface area contributed by atoms with Crippen LogP contribution in [0.2, 0.25) is 0 Å². The van der Waals surface area contributed by atoms with Gasteiger partial charge in [0.2, 0.25) is 10.0 Å². The van der Waals surface area contributed by atoms with Crippen molar-refractivity contribution in [2.75, 3.05) is 5.32 Å². The van der Waals surface area contributed by atoms with Crippen molar-refractivity contribution in [1.29, 1.82) is 0 Å². The van der Waals surface area contributed by atoms with Gasteiger partial charge in [-0.05, 0) is 29.1 Å². The molecule has 0 aromatic heterocycles. The minimum atomic E-state index is -3.71. The zero-order valence-corrected chi connectivity index (χ0v) is 14.1. The van der Waals surface area contributed by atoms with Crippen molar-refractivity contribution in [3.8, 4) is 0 Å². The summed E-state index contributed by atoms with van der Waals surface area (Å²) in [6.45, 7) is 0.265. The molecule has 0 aliphatic heterocycles. The highest BCUT2D eigenvalue weighted by molar-refractivity contribution is 7.89. The van der Waals surface area contributed by atoms with Crippen molar-refractivity contribution in [3.63, 3.8) is 0 Å². The molecule has 0 spiro atoms. The second-order valence-corrected chi connectivity index (χ2v) is 7.08. The number of primary sulfonamides is 1. The van der Waals surface area contributed by atoms with E-state index in [1.54, 1.807) is 12.1 Å². The van der Waals surface area contributed by atoms with Gasteiger partial charge in [-0.15, -0.1) is 0 Å². The Morgan fingerprint density at radius 1 is 0.920 bits per heavy atom. The van der Waals surface area contributed by atoms with E-state index in [0.29, 0.717) is 0 Å². The number of fused-ring (bicyclic) bond motifs is 1. The van der Waals surface area contributed by atoms with Crippen LogP contribution in [0.4, 0.5) is 10.5 Å². The number of amides is 2. The first-order valence-electron chi connectivity index (χ1n) is 7.58. The summed E-state index contributed by atoms with van der Waals surface area (Å²) in [5, 5.41) is 12.6. The zero-order valence-electron chi connectivity index (χ0n) is 13.3. The Hall–Kier alpha value is -2.90. The molecule has 4 N–H and O–H groups in total. The van der Waals surface area contributed by atoms with Crippen LogP contribution in [0.5, 0.6) is 0 Å². The molecule has 0 atom stereocenters. The number of rotatable bonds is 4. The summed E-state index contributed by atoms with van der Waals surface area (Å²) in [5.74, 6) is 0. The third-order valence-corrected chi connectivity index (χ3v) is 4.67. The second kappa shape index (κ2) is 6.92. The van der Waals surface area contributed by atoms with Gasteiger partial charge in [-0.3, -0.25) is 0 Å². The van der Waals surface area contributed by atoms with Crippen LogP contribution in [0.25, 0.3) is 10.8 Å². The lowest BCUT2D eigenvalue weighted by molar-refractivity contribution is 0.252. The van der Waals surface area contributed by atoms with Gasteiger partial charge in [0.05, 0.1) is 10.6 Å². The molecule has 0 saturated carbocycles. The molecule has 2 amide bonds. The van der Waals surface area contributed by atoms with Gasteiger partial charge in [-0.1, -0.05) is 48.5 Å². The van der Waals surface area contributed by atoms with Gasteiger partial charge in [-0.2, -0.15) is 0 Å². The van der Waals surface area contributed by atoms with Gasteiger partial charge in [-0.25, -0.2) is 18.4 Å². The quantitative estimate of drug-likeness (QED) is 0.671. The zero-order chi connectivity index (χ0) is 17.9. The van der Waals surface area contributed by atoms with E-state index >= 15 is 0 Å². The molecular formula is C18H17N3O3S. The fourth-order valence-electron chi connectivity index (χ4n) is 2.48. The second-order valence-electron chi connectivity index (χ2n) is 5.52. The first kappa shape index (κ1) is 16.9. The molecule has 25 heavy (non-hydrogen) atoms. The number of hydrogen-bond donors (Lipinski definition) is 3. The van der Waals surface area contributed by atoms with Crippen LogP contribution in [0.1, 0.15) is 5.56 Å². The first-order valence-corrected chi connectivity index (χ1v) is 9.12. The molecule has 7 heteroatoms. The minimum absolute atomic E-state index is 0.0384. The maximum absolute atomic E-state index is 12.1. The molecule has 3 aromatic rings. The summed E-state index contributed by atoms with van der Waals surface area (Å²) in [5.41, 5.74) is 1.49. The van der Waals surface area contributed by atoms with Crippen LogP contribution in [0.3, 0.4) is 0 Å². The van der Waals surface area contributed by atoms with E-state index in [4.69, 9.17) is 5.14 Å². The van der Waals surface area contributed by atoms with Gasteiger partial charge in [0.25, 0.3) is 0 Å². The molecular weight excluding hydrogens is 338 g/mol. The largest absolute Gasteiger partial charge is 0.334 e. The lowest BCUT2D eigenvalue weighted by atomic mass is 10.1. The van der Waals surface area contributed by atoms with Crippen molar-refractivity contribution < 1.29 is 13.2 Å². The van der Waals surface area contributed by atoms with E-state index < -0.39 is 10.0 Å². The smallest absolute Gasteiger partial charge is 0.319 e. The number of nitrogens with one attached hydrogen (secondary N) is 2. The normalized spacial score (nSPS) is 11.2. The Kier molecular flexibility index (Phi) is 4.69. The van der Waals surface area contributed by atoms with Crippen LogP contribution < -0.4 is 15.8 Å². The average Bonchev–Trinajstić information content (AvgIpc) is 2.60. The Bertz CT molecular complexity index is 1010. The molecule has 0 aliphatic rings. The molecule has 0 heterocycles. The SMILES string of the molecule is NS(=O)(=O)c1ccc(CNC(=O)Nc2cccc3ccccc23)cc1. The van der Waals surface area contributed by atoms with Crippen molar-refractivity contribution in [2.24, 2.45) is 5.14 Å². The van der Waals surface area contributed by atoms with Crippen LogP contribution in [0.15, 0.2) is 71.6 Å². The average molecular weight is 355 g/mol. The molecule has 0 aliphatic carbocycles. The van der Waals surface area contributed by atoms with Crippen molar-refractivity contribution in [3.05, 3.63) is 72.3 Å². The predicted octanol–water partition coefficient (Wildman–Crippen LogP) is 2.81. The number of carbonyl (C=O) groups is 1. The lowest BCUT2D eigenvalue weighted by Gasteiger charge is -2.10. The number of sulfonamides is 1. The minimum Gasteiger partial charge on any atom is -0.334 e. The van der Waals surface area contributed by atoms with Crippen molar-refractivity contribution in [2.45, 2.75) is 11.4 Å². The van der Waals surface area contributed by atoms with Gasteiger partial charge in [0.15, 0.2) is 0 Å². The molecule has 0 unspecified atom stereocenters. The highest BCUT2D eigenvalue weighted by atomic mass is 32.2. The highest BCUT2D eigenvalue weighted by Gasteiger charge is 2.08. The van der Waals surface area contributed by atoms with E-state index in [-0.39, 0.29) is 17.5 Å². The fraction of sp³-hybridized carbons (Fsp3) is 0.0556. The monoisotopic (exact) mass is 355 g/mol. The van der Waals surface area contributed by atoms with Crippen molar-refractivity contribution >= 4 is 32.5 Å². The number of hydrogen-bond acceptors (Lipinski definition) is 3. The molecule has 0 bridgehead atoms. The molecule has 128 valence electrons. The Labute approximate surface area is 145 Å². The van der Waals surface area contributed by atoms with E-state index in [2.05, 4.69) is 10.6 Å². The number of anilines is 1. The van der Waals surface area contributed by atoms with E-state index in [0.717, 1.165) is 22.0 Å². The van der Waals surface area contributed by atoms with Crippen LogP contribution >= 0.6 is 0 Å². The molecule has 6 nitrogen and oxygen atoms in total. The summed E-state index contributed by atoms with van der Waals surface area (Å²) < 4.78 is 22.4. The summed E-state index contributed by atoms with van der Waals surface area (Å²) in [4.78, 5) is 12.2. The third-order valence-electron chi connectivity index (χ3n) is 3.74. The Morgan fingerprint density at radius 3 is 2.32 bits per heavy atom. The van der Waals surface area contributed by atoms with Gasteiger partial charge in [0.1, 0.15) is 0 Å². The van der Waals surface area contributed by atoms with Crippen LogP contribution in [-0.2, 0) is 16.6 Å². The summed E-state index contributed by atoms with van der Waals surface area (Å²) in [6.07, 6.45) is 0. The lowest BCUT2D eigenvalue weighted by Crippen LogP contribution is -2.28.